The molecule has 4 aliphatic rings. The molecule has 4 N–H and O–H groups in total. The lowest BCUT2D eigenvalue weighted by molar-refractivity contribution is -0.318. The molecule has 4 rings (SSSR count). The van der Waals surface area contributed by atoms with Crippen molar-refractivity contribution in [1.82, 2.24) is 4.90 Å². The number of carbonyl (C=O) groups is 1. The van der Waals surface area contributed by atoms with E-state index < -0.39 is 102 Å². The summed E-state index contributed by atoms with van der Waals surface area (Å²) < 4.78 is 45.1. The molecule has 2 bridgehead atoms. The summed E-state index contributed by atoms with van der Waals surface area (Å²) in [5.41, 5.74) is -3.72. The molecule has 19 atom stereocenters. The maximum Gasteiger partial charge on any atom is 0.311 e. The van der Waals surface area contributed by atoms with Gasteiger partial charge in [-0.1, -0.05) is 27.7 Å². The standard InChI is InChI=1S/C37H67NO12/c1-14-25(39)37(10,43)32-20(4)28-18(2)16-36(9,50-28)31(49-34-27(40)24(38(11)12)15-19(3)45-34)21(5)29(22(6)33(42)48-32)47-26-17-35(8,44-13)30(41)23(7)46-26/h18-32,34,39-41,43H,14-17H2,1-13H3/t18?,19?,20-,21-,22+,23?,24?,25+,26?,27?,28?,29+,30?,31+,32+,34?,35?,36+,37+/m0/s1. The van der Waals surface area contributed by atoms with Crippen LogP contribution in [0.1, 0.15) is 94.9 Å². The number of aliphatic hydroxyl groups excluding tert-OH is 3. The van der Waals surface area contributed by atoms with Gasteiger partial charge in [0.25, 0.3) is 0 Å². The molecule has 0 aromatic carbocycles. The molecule has 4 heterocycles. The molecule has 0 aromatic rings. The van der Waals surface area contributed by atoms with Gasteiger partial charge in [0.15, 0.2) is 12.6 Å². The van der Waals surface area contributed by atoms with E-state index in [1.165, 1.54) is 14.0 Å². The SMILES string of the molecule is CC[C@@H](O)[C@@](C)(O)[C@@H]1OC(=O)[C@H](C)[C@H](OC2CC(C)(OC)C(O)C(C)O2)[C@H](C)[C@@H](OC2OC(C)CC(N(C)C)C2O)[C@@]2(C)CC(C)C(O2)[C@@H]1C. The number of hydrogen-bond acceptors (Lipinski definition) is 13. The van der Waals surface area contributed by atoms with Crippen LogP contribution < -0.4 is 0 Å². The van der Waals surface area contributed by atoms with E-state index in [0.29, 0.717) is 12.8 Å². The van der Waals surface area contributed by atoms with Gasteiger partial charge in [0.2, 0.25) is 0 Å². The van der Waals surface area contributed by atoms with Crippen LogP contribution in [0.15, 0.2) is 0 Å². The lowest BCUT2D eigenvalue weighted by Gasteiger charge is -2.48. The predicted molar refractivity (Wildman–Crippen MR) is 184 cm³/mol. The van der Waals surface area contributed by atoms with Gasteiger partial charge >= 0.3 is 5.97 Å². The minimum atomic E-state index is -1.78. The van der Waals surface area contributed by atoms with Crippen molar-refractivity contribution < 1.29 is 58.4 Å². The molecule has 0 radical (unpaired) electrons. The number of carbonyl (C=O) groups excluding carboxylic acids is 1. The largest absolute Gasteiger partial charge is 0.459 e. The smallest absolute Gasteiger partial charge is 0.311 e. The first-order valence-electron chi connectivity index (χ1n) is 18.6. The molecule has 0 aromatic heterocycles. The van der Waals surface area contributed by atoms with Crippen LogP contribution in [0.4, 0.5) is 0 Å². The van der Waals surface area contributed by atoms with Gasteiger partial charge in [-0.15, -0.1) is 0 Å². The monoisotopic (exact) mass is 717 g/mol. The van der Waals surface area contributed by atoms with E-state index in [4.69, 9.17) is 33.2 Å². The molecule has 13 heteroatoms. The summed E-state index contributed by atoms with van der Waals surface area (Å²) >= 11 is 0. The maximum atomic E-state index is 14.3. The number of hydrogen-bond donors (Lipinski definition) is 4. The first kappa shape index (κ1) is 41.8. The summed E-state index contributed by atoms with van der Waals surface area (Å²) in [6.07, 6.45) is -7.36. The molecule has 4 aliphatic heterocycles. The molecule has 13 nitrogen and oxygen atoms in total. The van der Waals surface area contributed by atoms with Crippen LogP contribution in [0.2, 0.25) is 0 Å². The van der Waals surface area contributed by atoms with Crippen LogP contribution >= 0.6 is 0 Å². The van der Waals surface area contributed by atoms with Gasteiger partial charge in [-0.25, -0.2) is 0 Å². The Kier molecular flexibility index (Phi) is 13.2. The second kappa shape index (κ2) is 15.8. The van der Waals surface area contributed by atoms with Crippen LogP contribution in [0.3, 0.4) is 0 Å². The molecule has 0 spiro atoms. The highest BCUT2D eigenvalue weighted by molar-refractivity contribution is 5.73. The van der Waals surface area contributed by atoms with Crippen LogP contribution in [0, 0.1) is 23.7 Å². The zero-order chi connectivity index (χ0) is 37.7. The molecule has 292 valence electrons. The number of likely N-dealkylation sites (N-methyl/N-ethyl adjacent to an activating group) is 1. The molecule has 0 saturated carbocycles. The Morgan fingerprint density at radius 2 is 1.66 bits per heavy atom. The normalized spacial score (nSPS) is 49.6. The molecular weight excluding hydrogens is 650 g/mol. The van der Waals surface area contributed by atoms with Crippen molar-refractivity contribution in [3.8, 4) is 0 Å². The first-order valence-corrected chi connectivity index (χ1v) is 18.6. The summed E-state index contributed by atoms with van der Waals surface area (Å²) in [5.74, 6) is -2.67. The second-order valence-electron chi connectivity index (χ2n) is 16.8. The van der Waals surface area contributed by atoms with E-state index in [-0.39, 0.29) is 30.9 Å². The average molecular weight is 718 g/mol. The Morgan fingerprint density at radius 3 is 2.24 bits per heavy atom. The van der Waals surface area contributed by atoms with Gasteiger partial charge in [-0.05, 0) is 80.8 Å². The molecule has 4 fully saturated rings. The Bertz CT molecular complexity index is 1140. The fraction of sp³-hybridized carbons (Fsp3) is 0.973. The third-order valence-corrected chi connectivity index (χ3v) is 12.4. The minimum absolute atomic E-state index is 0.0580. The predicted octanol–water partition coefficient (Wildman–Crippen LogP) is 2.62. The highest BCUT2D eigenvalue weighted by atomic mass is 16.7. The zero-order valence-corrected chi connectivity index (χ0v) is 32.6. The van der Waals surface area contributed by atoms with Crippen molar-refractivity contribution in [2.75, 3.05) is 21.2 Å². The van der Waals surface area contributed by atoms with Crippen LogP contribution in [-0.4, -0.2) is 143 Å². The highest BCUT2D eigenvalue weighted by Crippen LogP contribution is 2.48. The zero-order valence-electron chi connectivity index (χ0n) is 32.6. The number of ether oxygens (including phenoxy) is 7. The minimum Gasteiger partial charge on any atom is -0.459 e. The van der Waals surface area contributed by atoms with E-state index in [0.717, 1.165) is 0 Å². The van der Waals surface area contributed by atoms with E-state index in [9.17, 15) is 25.2 Å². The Morgan fingerprint density at radius 1 is 1.02 bits per heavy atom. The third kappa shape index (κ3) is 8.08. The van der Waals surface area contributed by atoms with Gasteiger partial charge in [-0.2, -0.15) is 0 Å². The van der Waals surface area contributed by atoms with Crippen LogP contribution in [-0.2, 0) is 38.0 Å². The summed E-state index contributed by atoms with van der Waals surface area (Å²) in [5, 5.41) is 45.2. The van der Waals surface area contributed by atoms with Crippen molar-refractivity contribution >= 4 is 5.97 Å². The van der Waals surface area contributed by atoms with Gasteiger partial charge in [0, 0.05) is 31.4 Å². The number of aliphatic hydroxyl groups is 4. The number of nitrogens with zero attached hydrogens (tertiary/aromatic N) is 1. The first-order chi connectivity index (χ1) is 23.1. The van der Waals surface area contributed by atoms with Crippen molar-refractivity contribution in [2.24, 2.45) is 23.7 Å². The Balaban J connectivity index is 1.82. The van der Waals surface area contributed by atoms with Crippen molar-refractivity contribution in [2.45, 2.75) is 185 Å². The fourth-order valence-corrected chi connectivity index (χ4v) is 9.20. The van der Waals surface area contributed by atoms with E-state index >= 15 is 0 Å². The van der Waals surface area contributed by atoms with E-state index in [2.05, 4.69) is 6.92 Å². The summed E-state index contributed by atoms with van der Waals surface area (Å²) in [6.45, 7) is 18.3. The molecule has 50 heavy (non-hydrogen) atoms. The number of esters is 1. The van der Waals surface area contributed by atoms with E-state index in [1.807, 2.05) is 46.7 Å². The molecule has 0 aliphatic carbocycles. The lowest BCUT2D eigenvalue weighted by Crippen LogP contribution is -2.60. The fourth-order valence-electron chi connectivity index (χ4n) is 9.20. The topological polar surface area (TPSA) is 166 Å². The molecular formula is C37H67NO12. The average Bonchev–Trinajstić information content (AvgIpc) is 3.36. The number of rotatable bonds is 9. The summed E-state index contributed by atoms with van der Waals surface area (Å²) in [7, 11) is 5.37. The van der Waals surface area contributed by atoms with Crippen molar-refractivity contribution in [1.29, 1.82) is 0 Å². The van der Waals surface area contributed by atoms with Crippen molar-refractivity contribution in [3.63, 3.8) is 0 Å². The van der Waals surface area contributed by atoms with Crippen LogP contribution in [0.5, 0.6) is 0 Å². The third-order valence-electron chi connectivity index (χ3n) is 12.4. The lowest BCUT2D eigenvalue weighted by atomic mass is 9.76. The van der Waals surface area contributed by atoms with Gasteiger partial charge in [-0.3, -0.25) is 4.79 Å². The van der Waals surface area contributed by atoms with Crippen LogP contribution in [0.25, 0.3) is 0 Å². The van der Waals surface area contributed by atoms with Gasteiger partial charge in [0.1, 0.15) is 23.9 Å². The molecule has 10 unspecified atom stereocenters. The second-order valence-corrected chi connectivity index (χ2v) is 16.8. The van der Waals surface area contributed by atoms with E-state index in [1.54, 1.807) is 27.7 Å². The maximum absolute atomic E-state index is 14.3. The number of cyclic esters (lactones) is 1. The number of fused-ring (bicyclic) bond motifs is 2. The number of methoxy groups -OCH3 is 1. The summed E-state index contributed by atoms with van der Waals surface area (Å²) in [6, 6.07) is -0.213. The Labute approximate surface area is 299 Å². The molecule has 4 saturated heterocycles. The van der Waals surface area contributed by atoms with Gasteiger partial charge in [0.05, 0.1) is 53.7 Å². The highest BCUT2D eigenvalue weighted by Gasteiger charge is 2.59. The summed E-state index contributed by atoms with van der Waals surface area (Å²) in [4.78, 5) is 16.3. The quantitative estimate of drug-likeness (QED) is 0.258. The molecule has 0 amide bonds. The van der Waals surface area contributed by atoms with Crippen molar-refractivity contribution in [3.05, 3.63) is 0 Å². The van der Waals surface area contributed by atoms with Gasteiger partial charge < -0.3 is 58.5 Å². The Hall–Kier alpha value is -0.970.